The summed E-state index contributed by atoms with van der Waals surface area (Å²) < 4.78 is 55.0. The van der Waals surface area contributed by atoms with Crippen molar-refractivity contribution in [3.8, 4) is 10.7 Å². The molecule has 34 heavy (non-hydrogen) atoms. The number of aliphatic hydroxyl groups excluding tert-OH is 1. The lowest BCUT2D eigenvalue weighted by atomic mass is 10.0. The molecule has 1 aromatic carbocycles. The molecular formula is C21H24F2N6O3S2. The molecule has 0 radical (unpaired) electrons. The number of fused-ring (bicyclic) bond motifs is 1. The summed E-state index contributed by atoms with van der Waals surface area (Å²) in [6.45, 7) is 4.33. The van der Waals surface area contributed by atoms with Crippen molar-refractivity contribution in [2.45, 2.75) is 68.5 Å². The molecule has 3 heterocycles. The Morgan fingerprint density at radius 1 is 1.26 bits per heavy atom. The number of sulfonamides is 1. The predicted octanol–water partition coefficient (Wildman–Crippen LogP) is 3.27. The molecule has 2 aliphatic rings. The third-order valence-corrected chi connectivity index (χ3v) is 8.86. The standard InChI is InChI=1S/C21H24F2N6O3S2/c1-11-9-12(30)5-8-29(11)20-24-15-4-3-13(34(31,32)28-21(2)6-7-21)10-14(15)16(25-20)18-26-27-19(33-18)17(22)23/h3-4,10-12,17,28,30H,5-9H2,1-2H3/t11-,12+/m0/s1. The molecule has 1 aliphatic heterocycles. The first-order valence-corrected chi connectivity index (χ1v) is 13.3. The zero-order chi connectivity index (χ0) is 24.3. The largest absolute Gasteiger partial charge is 0.393 e. The average molecular weight is 511 g/mol. The van der Waals surface area contributed by atoms with Gasteiger partial charge >= 0.3 is 0 Å². The van der Waals surface area contributed by atoms with E-state index in [0.717, 1.165) is 12.8 Å². The monoisotopic (exact) mass is 510 g/mol. The van der Waals surface area contributed by atoms with Crippen LogP contribution >= 0.6 is 11.3 Å². The fourth-order valence-electron chi connectivity index (χ4n) is 4.09. The quantitative estimate of drug-likeness (QED) is 0.518. The molecule has 1 saturated heterocycles. The second kappa shape index (κ2) is 8.40. The molecule has 182 valence electrons. The van der Waals surface area contributed by atoms with Gasteiger partial charge in [0.05, 0.1) is 16.5 Å². The Balaban J connectivity index is 1.64. The Kier molecular flexibility index (Phi) is 5.78. The van der Waals surface area contributed by atoms with Crippen LogP contribution in [0.3, 0.4) is 0 Å². The van der Waals surface area contributed by atoms with Gasteiger partial charge in [-0.1, -0.05) is 11.3 Å². The molecule has 2 atom stereocenters. The zero-order valence-corrected chi connectivity index (χ0v) is 20.2. The first kappa shape index (κ1) is 23.4. The summed E-state index contributed by atoms with van der Waals surface area (Å²) in [4.78, 5) is 11.3. The molecule has 2 aromatic heterocycles. The van der Waals surface area contributed by atoms with Crippen molar-refractivity contribution in [1.29, 1.82) is 0 Å². The first-order valence-electron chi connectivity index (χ1n) is 11.0. The number of rotatable bonds is 6. The number of aromatic nitrogens is 4. The number of hydrogen-bond donors (Lipinski definition) is 2. The third kappa shape index (κ3) is 4.49. The topological polar surface area (TPSA) is 121 Å². The Labute approximate surface area is 199 Å². The summed E-state index contributed by atoms with van der Waals surface area (Å²) in [5, 5.41) is 17.6. The molecule has 0 unspecified atom stereocenters. The summed E-state index contributed by atoms with van der Waals surface area (Å²) in [5.41, 5.74) is 0.262. The number of alkyl halides is 2. The number of halogens is 2. The minimum absolute atomic E-state index is 0.0387. The molecule has 2 N–H and O–H groups in total. The average Bonchev–Trinajstić information content (AvgIpc) is 3.28. The molecule has 2 fully saturated rings. The highest BCUT2D eigenvalue weighted by Crippen LogP contribution is 2.38. The van der Waals surface area contributed by atoms with Crippen molar-refractivity contribution in [3.05, 3.63) is 23.2 Å². The lowest BCUT2D eigenvalue weighted by Crippen LogP contribution is -2.43. The van der Waals surface area contributed by atoms with Crippen LogP contribution in [0.1, 0.15) is 51.0 Å². The van der Waals surface area contributed by atoms with E-state index in [0.29, 0.717) is 47.6 Å². The van der Waals surface area contributed by atoms with Gasteiger partial charge in [0.1, 0.15) is 5.69 Å². The molecule has 3 aromatic rings. The molecule has 0 bridgehead atoms. The predicted molar refractivity (Wildman–Crippen MR) is 123 cm³/mol. The number of nitrogens with zero attached hydrogens (tertiary/aromatic N) is 5. The van der Waals surface area contributed by atoms with Crippen molar-refractivity contribution < 1.29 is 22.3 Å². The fraction of sp³-hybridized carbons (Fsp3) is 0.524. The van der Waals surface area contributed by atoms with Gasteiger partial charge in [-0.15, -0.1) is 10.2 Å². The van der Waals surface area contributed by atoms with Crippen LogP contribution in [0.4, 0.5) is 14.7 Å². The van der Waals surface area contributed by atoms with Crippen molar-refractivity contribution >= 4 is 38.2 Å². The fourth-order valence-corrected chi connectivity index (χ4v) is 6.28. The highest BCUT2D eigenvalue weighted by molar-refractivity contribution is 7.89. The van der Waals surface area contributed by atoms with E-state index >= 15 is 0 Å². The minimum Gasteiger partial charge on any atom is -0.393 e. The Bertz CT molecular complexity index is 1350. The Morgan fingerprint density at radius 2 is 2.03 bits per heavy atom. The van der Waals surface area contributed by atoms with Crippen molar-refractivity contribution in [3.63, 3.8) is 0 Å². The van der Waals surface area contributed by atoms with Gasteiger partial charge in [0.25, 0.3) is 6.43 Å². The molecule has 13 heteroatoms. The summed E-state index contributed by atoms with van der Waals surface area (Å²) in [5.74, 6) is 0.370. The highest BCUT2D eigenvalue weighted by Gasteiger charge is 2.41. The first-order chi connectivity index (χ1) is 16.0. The SMILES string of the molecule is C[C@H]1C[C@H](O)CCN1c1nc(-c2nnc(C(F)F)s2)c2cc(S(=O)(=O)NC3(C)CC3)ccc2n1. The second-order valence-corrected chi connectivity index (χ2v) is 11.9. The minimum atomic E-state index is -3.80. The van der Waals surface area contributed by atoms with Gasteiger partial charge in [-0.2, -0.15) is 0 Å². The number of benzene rings is 1. The van der Waals surface area contributed by atoms with Gasteiger partial charge in [0.15, 0.2) is 10.0 Å². The van der Waals surface area contributed by atoms with E-state index in [1.165, 1.54) is 12.1 Å². The van der Waals surface area contributed by atoms with Gasteiger partial charge in [0, 0.05) is 23.5 Å². The molecule has 5 rings (SSSR count). The van der Waals surface area contributed by atoms with Gasteiger partial charge in [-0.3, -0.25) is 0 Å². The molecule has 1 aliphatic carbocycles. The zero-order valence-electron chi connectivity index (χ0n) is 18.6. The maximum absolute atomic E-state index is 13.2. The van der Waals surface area contributed by atoms with Crippen LogP contribution in [-0.2, 0) is 10.0 Å². The normalized spacial score (nSPS) is 22.5. The van der Waals surface area contributed by atoms with Crippen LogP contribution in [0.2, 0.25) is 0 Å². The van der Waals surface area contributed by atoms with Crippen molar-refractivity contribution in [2.24, 2.45) is 0 Å². The van der Waals surface area contributed by atoms with Gasteiger partial charge in [-0.05, 0) is 57.7 Å². The van der Waals surface area contributed by atoms with E-state index in [1.54, 1.807) is 6.07 Å². The van der Waals surface area contributed by atoms with Gasteiger partial charge in [0.2, 0.25) is 16.0 Å². The van der Waals surface area contributed by atoms with E-state index in [4.69, 9.17) is 0 Å². The maximum atomic E-state index is 13.2. The van der Waals surface area contributed by atoms with E-state index in [9.17, 15) is 22.3 Å². The summed E-state index contributed by atoms with van der Waals surface area (Å²) in [6, 6.07) is 4.48. The van der Waals surface area contributed by atoms with Crippen LogP contribution in [-0.4, -0.2) is 57.9 Å². The number of piperidine rings is 1. The van der Waals surface area contributed by atoms with Crippen LogP contribution in [0, 0.1) is 0 Å². The third-order valence-electron chi connectivity index (χ3n) is 6.28. The van der Waals surface area contributed by atoms with Gasteiger partial charge in [-0.25, -0.2) is 31.9 Å². The number of aliphatic hydroxyl groups is 1. The van der Waals surface area contributed by atoms with Crippen LogP contribution in [0.15, 0.2) is 23.1 Å². The number of hydrogen-bond acceptors (Lipinski definition) is 9. The van der Waals surface area contributed by atoms with Gasteiger partial charge < -0.3 is 10.0 Å². The molecule has 0 spiro atoms. The Hall–Kier alpha value is -2.35. The van der Waals surface area contributed by atoms with Crippen molar-refractivity contribution in [1.82, 2.24) is 24.9 Å². The lowest BCUT2D eigenvalue weighted by molar-refractivity contribution is 0.131. The van der Waals surface area contributed by atoms with E-state index < -0.39 is 33.1 Å². The van der Waals surface area contributed by atoms with E-state index in [-0.39, 0.29) is 21.6 Å². The Morgan fingerprint density at radius 3 is 2.68 bits per heavy atom. The van der Waals surface area contributed by atoms with E-state index in [1.807, 2.05) is 18.7 Å². The second-order valence-electron chi connectivity index (χ2n) is 9.18. The smallest absolute Gasteiger partial charge is 0.291 e. The molecule has 1 saturated carbocycles. The van der Waals surface area contributed by atoms with Crippen molar-refractivity contribution in [2.75, 3.05) is 11.4 Å². The molecule has 0 amide bonds. The van der Waals surface area contributed by atoms with Crippen LogP contribution < -0.4 is 9.62 Å². The molecular weight excluding hydrogens is 486 g/mol. The summed E-state index contributed by atoms with van der Waals surface area (Å²) >= 11 is 0.713. The van der Waals surface area contributed by atoms with E-state index in [2.05, 4.69) is 24.9 Å². The highest BCUT2D eigenvalue weighted by atomic mass is 32.2. The number of anilines is 1. The van der Waals surface area contributed by atoms with Crippen LogP contribution in [0.25, 0.3) is 21.6 Å². The van der Waals surface area contributed by atoms with Crippen LogP contribution in [0.5, 0.6) is 0 Å². The number of nitrogens with one attached hydrogen (secondary N) is 1. The molecule has 9 nitrogen and oxygen atoms in total. The summed E-state index contributed by atoms with van der Waals surface area (Å²) in [7, 11) is -3.80. The maximum Gasteiger partial charge on any atom is 0.291 e. The lowest BCUT2D eigenvalue weighted by Gasteiger charge is -2.36. The summed E-state index contributed by atoms with van der Waals surface area (Å²) in [6.07, 6.45) is -0.551.